The monoisotopic (exact) mass is 355 g/mol. The summed E-state index contributed by atoms with van der Waals surface area (Å²) in [6.45, 7) is 0.936. The predicted octanol–water partition coefficient (Wildman–Crippen LogP) is 4.62. The van der Waals surface area contributed by atoms with E-state index in [1.54, 1.807) is 14.2 Å². The maximum Gasteiger partial charge on any atom is 0.175 e. The van der Waals surface area contributed by atoms with Gasteiger partial charge in [-0.2, -0.15) is 0 Å². The van der Waals surface area contributed by atoms with E-state index in [4.69, 9.17) is 9.47 Å². The Hall–Kier alpha value is -0.740. The molecule has 0 radical (unpaired) electrons. The highest BCUT2D eigenvalue weighted by Crippen LogP contribution is 2.38. The van der Waals surface area contributed by atoms with E-state index in [9.17, 15) is 0 Å². The zero-order valence-electron chi connectivity index (χ0n) is 13.3. The van der Waals surface area contributed by atoms with Crippen LogP contribution in [0.15, 0.2) is 16.6 Å². The van der Waals surface area contributed by atoms with Crippen LogP contribution in [0.5, 0.6) is 11.5 Å². The van der Waals surface area contributed by atoms with E-state index in [-0.39, 0.29) is 0 Å². The third kappa shape index (κ3) is 4.13. The minimum absolute atomic E-state index is 0.701. The van der Waals surface area contributed by atoms with E-state index in [0.29, 0.717) is 6.04 Å². The Kier molecular flexibility index (Phi) is 6.37. The number of hydrogen-bond donors (Lipinski definition) is 0. The summed E-state index contributed by atoms with van der Waals surface area (Å²) in [5.41, 5.74) is 1.25. The zero-order chi connectivity index (χ0) is 15.2. The van der Waals surface area contributed by atoms with Crippen molar-refractivity contribution >= 4 is 15.9 Å². The first-order valence-corrected chi connectivity index (χ1v) is 8.56. The molecule has 0 spiro atoms. The topological polar surface area (TPSA) is 21.7 Å². The van der Waals surface area contributed by atoms with Crippen LogP contribution < -0.4 is 9.47 Å². The Morgan fingerprint density at radius 3 is 2.33 bits per heavy atom. The summed E-state index contributed by atoms with van der Waals surface area (Å²) in [5, 5.41) is 0. The molecule has 0 unspecified atom stereocenters. The van der Waals surface area contributed by atoms with Gasteiger partial charge >= 0.3 is 0 Å². The highest BCUT2D eigenvalue weighted by Gasteiger charge is 2.19. The molecule has 3 nitrogen and oxygen atoms in total. The number of nitrogens with zero attached hydrogens (tertiary/aromatic N) is 1. The first-order chi connectivity index (χ1) is 10.2. The molecule has 0 saturated heterocycles. The van der Waals surface area contributed by atoms with Crippen LogP contribution in [0, 0.1) is 0 Å². The molecule has 0 aromatic heterocycles. The molecule has 0 atom stereocenters. The van der Waals surface area contributed by atoms with Gasteiger partial charge in [0.15, 0.2) is 11.5 Å². The van der Waals surface area contributed by atoms with Crippen LogP contribution in [0.2, 0.25) is 0 Å². The van der Waals surface area contributed by atoms with E-state index >= 15 is 0 Å². The molecule has 118 valence electrons. The predicted molar refractivity (Wildman–Crippen MR) is 90.2 cm³/mol. The van der Waals surface area contributed by atoms with E-state index in [1.807, 2.05) is 6.07 Å². The lowest BCUT2D eigenvalue weighted by atomic mass is 10.1. The van der Waals surface area contributed by atoms with Crippen LogP contribution in [0.4, 0.5) is 0 Å². The molecular formula is C17H26BrNO2. The summed E-state index contributed by atoms with van der Waals surface area (Å²) in [6, 6.07) is 4.81. The molecule has 0 amide bonds. The van der Waals surface area contributed by atoms with Crippen molar-refractivity contribution in [3.63, 3.8) is 0 Å². The summed E-state index contributed by atoms with van der Waals surface area (Å²) in [6.07, 6.45) is 8.15. The lowest BCUT2D eigenvalue weighted by Crippen LogP contribution is -2.30. The van der Waals surface area contributed by atoms with Gasteiger partial charge in [0.1, 0.15) is 0 Å². The van der Waals surface area contributed by atoms with Crippen molar-refractivity contribution in [3.8, 4) is 11.5 Å². The SMILES string of the molecule is COc1ccc(CN(C)C2CCCCCC2)c(Br)c1OC. The molecule has 1 aliphatic carbocycles. The van der Waals surface area contributed by atoms with Gasteiger partial charge in [-0.05, 0) is 47.4 Å². The lowest BCUT2D eigenvalue weighted by molar-refractivity contribution is 0.212. The summed E-state index contributed by atoms with van der Waals surface area (Å²) in [4.78, 5) is 2.48. The fraction of sp³-hybridized carbons (Fsp3) is 0.647. The van der Waals surface area contributed by atoms with Crippen molar-refractivity contribution in [1.29, 1.82) is 0 Å². The van der Waals surface area contributed by atoms with Crippen LogP contribution in [0.1, 0.15) is 44.1 Å². The highest BCUT2D eigenvalue weighted by atomic mass is 79.9. The van der Waals surface area contributed by atoms with E-state index in [0.717, 1.165) is 22.5 Å². The maximum absolute atomic E-state index is 5.46. The molecule has 1 saturated carbocycles. The Labute approximate surface area is 136 Å². The van der Waals surface area contributed by atoms with Gasteiger partial charge in [0.2, 0.25) is 0 Å². The Morgan fingerprint density at radius 1 is 1.10 bits per heavy atom. The molecule has 1 aliphatic rings. The first-order valence-electron chi connectivity index (χ1n) is 7.77. The second-order valence-electron chi connectivity index (χ2n) is 5.83. The van der Waals surface area contributed by atoms with Crippen LogP contribution in [-0.2, 0) is 6.54 Å². The van der Waals surface area contributed by atoms with Crippen molar-refractivity contribution in [2.24, 2.45) is 0 Å². The third-order valence-corrected chi connectivity index (χ3v) is 5.30. The van der Waals surface area contributed by atoms with Crippen molar-refractivity contribution < 1.29 is 9.47 Å². The van der Waals surface area contributed by atoms with Crippen molar-refractivity contribution in [2.45, 2.75) is 51.1 Å². The van der Waals surface area contributed by atoms with Crippen molar-refractivity contribution in [2.75, 3.05) is 21.3 Å². The molecule has 1 aromatic rings. The van der Waals surface area contributed by atoms with Gasteiger partial charge in [-0.3, -0.25) is 4.90 Å². The summed E-state index contributed by atoms with van der Waals surface area (Å²) < 4.78 is 11.8. The molecular weight excluding hydrogens is 330 g/mol. The number of halogens is 1. The molecule has 0 bridgehead atoms. The second kappa shape index (κ2) is 8.04. The smallest absolute Gasteiger partial charge is 0.175 e. The number of rotatable bonds is 5. The molecule has 4 heteroatoms. The highest BCUT2D eigenvalue weighted by molar-refractivity contribution is 9.10. The third-order valence-electron chi connectivity index (χ3n) is 4.43. The first kappa shape index (κ1) is 16.6. The largest absolute Gasteiger partial charge is 0.493 e. The fourth-order valence-corrected chi connectivity index (χ4v) is 3.76. The van der Waals surface area contributed by atoms with Gasteiger partial charge in [-0.15, -0.1) is 0 Å². The number of methoxy groups -OCH3 is 2. The molecule has 1 aromatic carbocycles. The van der Waals surface area contributed by atoms with E-state index in [2.05, 4.69) is 33.9 Å². The van der Waals surface area contributed by atoms with Gasteiger partial charge in [0.05, 0.1) is 18.7 Å². The van der Waals surface area contributed by atoms with Crippen LogP contribution in [0.3, 0.4) is 0 Å². The Balaban J connectivity index is 2.11. The number of benzene rings is 1. The van der Waals surface area contributed by atoms with Crippen LogP contribution >= 0.6 is 15.9 Å². The normalized spacial score (nSPS) is 16.8. The zero-order valence-corrected chi connectivity index (χ0v) is 14.9. The van der Waals surface area contributed by atoms with Gasteiger partial charge in [-0.25, -0.2) is 0 Å². The van der Waals surface area contributed by atoms with Crippen LogP contribution in [0.25, 0.3) is 0 Å². The lowest BCUT2D eigenvalue weighted by Gasteiger charge is -2.27. The van der Waals surface area contributed by atoms with Crippen LogP contribution in [-0.4, -0.2) is 32.2 Å². The van der Waals surface area contributed by atoms with E-state index in [1.165, 1.54) is 44.1 Å². The van der Waals surface area contributed by atoms with Gasteiger partial charge in [-0.1, -0.05) is 31.7 Å². The summed E-state index contributed by atoms with van der Waals surface area (Å²) in [7, 11) is 5.59. The van der Waals surface area contributed by atoms with Gasteiger partial charge in [0.25, 0.3) is 0 Å². The average Bonchev–Trinajstić information content (AvgIpc) is 2.78. The molecule has 0 N–H and O–H groups in total. The van der Waals surface area contributed by atoms with E-state index < -0.39 is 0 Å². The minimum Gasteiger partial charge on any atom is -0.493 e. The molecule has 0 heterocycles. The molecule has 2 rings (SSSR count). The quantitative estimate of drug-likeness (QED) is 0.719. The van der Waals surface area contributed by atoms with Gasteiger partial charge < -0.3 is 9.47 Å². The Bertz CT molecular complexity index is 456. The maximum atomic E-state index is 5.46. The fourth-order valence-electron chi connectivity index (χ4n) is 3.15. The Morgan fingerprint density at radius 2 is 1.76 bits per heavy atom. The number of hydrogen-bond acceptors (Lipinski definition) is 3. The summed E-state index contributed by atoms with van der Waals surface area (Å²) >= 11 is 3.67. The van der Waals surface area contributed by atoms with Crippen molar-refractivity contribution in [1.82, 2.24) is 4.90 Å². The summed E-state index contributed by atoms with van der Waals surface area (Å²) in [5.74, 6) is 1.55. The second-order valence-corrected chi connectivity index (χ2v) is 6.63. The van der Waals surface area contributed by atoms with Crippen molar-refractivity contribution in [3.05, 3.63) is 22.2 Å². The standard InChI is InChI=1S/C17H26BrNO2/c1-19(14-8-6-4-5-7-9-14)12-13-10-11-15(20-2)17(21-3)16(13)18/h10-11,14H,4-9,12H2,1-3H3. The average molecular weight is 356 g/mol. The van der Waals surface area contributed by atoms with Gasteiger partial charge in [0, 0.05) is 12.6 Å². The minimum atomic E-state index is 0.701. The molecule has 21 heavy (non-hydrogen) atoms. The molecule has 0 aliphatic heterocycles. The number of ether oxygens (including phenoxy) is 2. The molecule has 1 fully saturated rings.